The summed E-state index contributed by atoms with van der Waals surface area (Å²) in [5.74, 6) is 1.33. The van der Waals surface area contributed by atoms with E-state index in [4.69, 9.17) is 4.74 Å². The van der Waals surface area contributed by atoms with Crippen molar-refractivity contribution in [2.45, 2.75) is 86.0 Å². The standard InChI is InChI=1S/C18H35NO2/c1-8-13(5)19(9-2)18(20)17(12(3)4)16-10-14(6)21-15(7)11-16/h12-17H,8-11H2,1-7H3. The van der Waals surface area contributed by atoms with Crippen LogP contribution in [-0.4, -0.2) is 35.6 Å². The van der Waals surface area contributed by atoms with Crippen LogP contribution < -0.4 is 0 Å². The molecule has 0 aromatic carbocycles. The molecule has 4 atom stereocenters. The highest BCUT2D eigenvalue weighted by Crippen LogP contribution is 2.36. The minimum atomic E-state index is 0.132. The zero-order chi connectivity index (χ0) is 16.2. The number of carbonyl (C=O) groups excluding carboxylic acids is 1. The van der Waals surface area contributed by atoms with Crippen LogP contribution in [0.15, 0.2) is 0 Å². The van der Waals surface area contributed by atoms with Gasteiger partial charge in [0.25, 0.3) is 0 Å². The van der Waals surface area contributed by atoms with Crippen molar-refractivity contribution < 1.29 is 9.53 Å². The van der Waals surface area contributed by atoms with Gasteiger partial charge >= 0.3 is 0 Å². The van der Waals surface area contributed by atoms with Gasteiger partial charge < -0.3 is 9.64 Å². The average molecular weight is 297 g/mol. The Hall–Kier alpha value is -0.570. The molecule has 1 aliphatic heterocycles. The SMILES string of the molecule is CCC(C)N(CC)C(=O)C(C(C)C)C1CC(C)OC(C)C1. The zero-order valence-electron chi connectivity index (χ0n) is 15.1. The van der Waals surface area contributed by atoms with Gasteiger partial charge in [-0.3, -0.25) is 4.79 Å². The molecular formula is C18H35NO2. The average Bonchev–Trinajstić information content (AvgIpc) is 2.37. The lowest BCUT2D eigenvalue weighted by Crippen LogP contribution is -2.47. The summed E-state index contributed by atoms with van der Waals surface area (Å²) >= 11 is 0. The molecule has 0 spiro atoms. The second-order valence-corrected chi connectivity index (χ2v) is 7.14. The van der Waals surface area contributed by atoms with Gasteiger partial charge in [-0.15, -0.1) is 0 Å². The van der Waals surface area contributed by atoms with Crippen molar-refractivity contribution in [2.75, 3.05) is 6.54 Å². The fraction of sp³-hybridized carbons (Fsp3) is 0.944. The van der Waals surface area contributed by atoms with Crippen LogP contribution in [0.1, 0.15) is 67.7 Å². The monoisotopic (exact) mass is 297 g/mol. The Bertz CT molecular complexity index is 319. The number of amides is 1. The van der Waals surface area contributed by atoms with Gasteiger partial charge in [0.2, 0.25) is 5.91 Å². The Labute approximate surface area is 131 Å². The minimum Gasteiger partial charge on any atom is -0.376 e. The van der Waals surface area contributed by atoms with E-state index in [0.29, 0.717) is 23.8 Å². The zero-order valence-corrected chi connectivity index (χ0v) is 15.1. The smallest absolute Gasteiger partial charge is 0.226 e. The summed E-state index contributed by atoms with van der Waals surface area (Å²) in [7, 11) is 0. The van der Waals surface area contributed by atoms with E-state index in [1.165, 1.54) is 0 Å². The van der Waals surface area contributed by atoms with Gasteiger partial charge in [-0.2, -0.15) is 0 Å². The second-order valence-electron chi connectivity index (χ2n) is 7.14. The summed E-state index contributed by atoms with van der Waals surface area (Å²) < 4.78 is 5.86. The third-order valence-corrected chi connectivity index (χ3v) is 4.99. The Morgan fingerprint density at radius 3 is 2.05 bits per heavy atom. The molecule has 0 saturated carbocycles. The van der Waals surface area contributed by atoms with E-state index in [9.17, 15) is 4.79 Å². The van der Waals surface area contributed by atoms with E-state index in [-0.39, 0.29) is 18.1 Å². The molecule has 0 aliphatic carbocycles. The molecule has 0 aromatic heterocycles. The molecule has 3 nitrogen and oxygen atoms in total. The molecule has 3 heteroatoms. The van der Waals surface area contributed by atoms with E-state index >= 15 is 0 Å². The van der Waals surface area contributed by atoms with Crippen LogP contribution in [0, 0.1) is 17.8 Å². The van der Waals surface area contributed by atoms with Crippen LogP contribution >= 0.6 is 0 Å². The lowest BCUT2D eigenvalue weighted by molar-refractivity contribution is -0.145. The lowest BCUT2D eigenvalue weighted by Gasteiger charge is -2.40. The Balaban J connectivity index is 2.92. The number of rotatable bonds is 6. The molecule has 0 bridgehead atoms. The highest BCUT2D eigenvalue weighted by Gasteiger charge is 2.38. The molecule has 1 rings (SSSR count). The Morgan fingerprint density at radius 1 is 1.14 bits per heavy atom. The minimum absolute atomic E-state index is 0.132. The lowest BCUT2D eigenvalue weighted by atomic mass is 9.75. The third kappa shape index (κ3) is 4.70. The largest absolute Gasteiger partial charge is 0.376 e. The van der Waals surface area contributed by atoms with E-state index in [0.717, 1.165) is 25.8 Å². The predicted octanol–water partition coefficient (Wildman–Crippen LogP) is 4.11. The van der Waals surface area contributed by atoms with Crippen LogP contribution in [0.2, 0.25) is 0 Å². The topological polar surface area (TPSA) is 29.5 Å². The third-order valence-electron chi connectivity index (χ3n) is 4.99. The second kappa shape index (κ2) is 8.17. The fourth-order valence-corrected chi connectivity index (χ4v) is 3.88. The number of hydrogen-bond donors (Lipinski definition) is 0. The molecule has 0 N–H and O–H groups in total. The van der Waals surface area contributed by atoms with Crippen LogP contribution in [-0.2, 0) is 9.53 Å². The van der Waals surface area contributed by atoms with Crippen molar-refractivity contribution in [3.8, 4) is 0 Å². The number of nitrogens with zero attached hydrogens (tertiary/aromatic N) is 1. The van der Waals surface area contributed by atoms with Gasteiger partial charge in [0, 0.05) is 18.5 Å². The molecule has 0 aromatic rings. The Kier molecular flexibility index (Phi) is 7.19. The van der Waals surface area contributed by atoms with Gasteiger partial charge in [-0.25, -0.2) is 0 Å². The van der Waals surface area contributed by atoms with Gasteiger partial charge in [-0.05, 0) is 58.8 Å². The van der Waals surface area contributed by atoms with Crippen LogP contribution in [0.4, 0.5) is 0 Å². The molecule has 4 unspecified atom stereocenters. The number of ether oxygens (including phenoxy) is 1. The summed E-state index contributed by atoms with van der Waals surface area (Å²) in [6.45, 7) is 15.9. The maximum absolute atomic E-state index is 13.1. The van der Waals surface area contributed by atoms with Crippen LogP contribution in [0.5, 0.6) is 0 Å². The maximum atomic E-state index is 13.1. The molecule has 1 heterocycles. The first-order valence-electron chi connectivity index (χ1n) is 8.77. The summed E-state index contributed by atoms with van der Waals surface area (Å²) in [6.07, 6.45) is 3.58. The van der Waals surface area contributed by atoms with E-state index in [2.05, 4.69) is 53.4 Å². The van der Waals surface area contributed by atoms with Gasteiger partial charge in [0.15, 0.2) is 0 Å². The van der Waals surface area contributed by atoms with Gasteiger partial charge in [0.1, 0.15) is 0 Å². The normalized spacial score (nSPS) is 29.2. The highest BCUT2D eigenvalue weighted by molar-refractivity contribution is 5.79. The maximum Gasteiger partial charge on any atom is 0.226 e. The van der Waals surface area contributed by atoms with Gasteiger partial charge in [0.05, 0.1) is 12.2 Å². The van der Waals surface area contributed by atoms with Crippen molar-refractivity contribution in [3.05, 3.63) is 0 Å². The first kappa shape index (κ1) is 18.5. The predicted molar refractivity (Wildman–Crippen MR) is 88.2 cm³/mol. The van der Waals surface area contributed by atoms with Crippen molar-refractivity contribution in [2.24, 2.45) is 17.8 Å². The van der Waals surface area contributed by atoms with Crippen molar-refractivity contribution >= 4 is 5.91 Å². The van der Waals surface area contributed by atoms with Crippen molar-refractivity contribution in [3.63, 3.8) is 0 Å². The van der Waals surface area contributed by atoms with E-state index < -0.39 is 0 Å². The van der Waals surface area contributed by atoms with Crippen LogP contribution in [0.3, 0.4) is 0 Å². The first-order valence-corrected chi connectivity index (χ1v) is 8.77. The molecule has 0 radical (unpaired) electrons. The summed E-state index contributed by atoms with van der Waals surface area (Å²) in [5, 5.41) is 0. The fourth-order valence-electron chi connectivity index (χ4n) is 3.88. The van der Waals surface area contributed by atoms with Crippen molar-refractivity contribution in [1.29, 1.82) is 0 Å². The Morgan fingerprint density at radius 2 is 1.67 bits per heavy atom. The highest BCUT2D eigenvalue weighted by atomic mass is 16.5. The molecule has 1 aliphatic rings. The van der Waals surface area contributed by atoms with E-state index in [1.54, 1.807) is 0 Å². The number of hydrogen-bond acceptors (Lipinski definition) is 2. The number of carbonyl (C=O) groups is 1. The molecule has 21 heavy (non-hydrogen) atoms. The van der Waals surface area contributed by atoms with E-state index in [1.807, 2.05) is 0 Å². The quantitative estimate of drug-likeness (QED) is 0.738. The summed E-state index contributed by atoms with van der Waals surface area (Å²) in [4.78, 5) is 15.2. The summed E-state index contributed by atoms with van der Waals surface area (Å²) in [6, 6.07) is 0.332. The molecule has 1 saturated heterocycles. The first-order chi connectivity index (χ1) is 9.81. The molecular weight excluding hydrogens is 262 g/mol. The molecule has 1 amide bonds. The van der Waals surface area contributed by atoms with Crippen molar-refractivity contribution in [1.82, 2.24) is 4.90 Å². The van der Waals surface area contributed by atoms with Crippen LogP contribution in [0.25, 0.3) is 0 Å². The summed E-state index contributed by atoms with van der Waals surface area (Å²) in [5.41, 5.74) is 0. The molecule has 1 fully saturated rings. The molecule has 124 valence electrons. The van der Waals surface area contributed by atoms with Gasteiger partial charge in [-0.1, -0.05) is 20.8 Å².